The van der Waals surface area contributed by atoms with E-state index >= 15 is 0 Å². The Morgan fingerprint density at radius 1 is 1.00 bits per heavy atom. The number of hydrogen-bond acceptors (Lipinski definition) is 6. The number of carbonyl (C=O) groups is 2. The van der Waals surface area contributed by atoms with Gasteiger partial charge in [-0.25, -0.2) is 4.79 Å². The Morgan fingerprint density at radius 3 is 2.29 bits per heavy atom. The number of piperidine rings is 2. The molecule has 1 atom stereocenters. The van der Waals surface area contributed by atoms with Crippen molar-refractivity contribution in [2.24, 2.45) is 11.8 Å². The molecule has 2 saturated heterocycles. The number of hydrogen-bond donors (Lipinski definition) is 2. The summed E-state index contributed by atoms with van der Waals surface area (Å²) < 4.78 is 16.0. The maximum atomic E-state index is 12.8. The van der Waals surface area contributed by atoms with Gasteiger partial charge in [0.1, 0.15) is 0 Å². The van der Waals surface area contributed by atoms with Crippen LogP contribution in [-0.4, -0.2) is 82.3 Å². The second kappa shape index (κ2) is 13.4. The topological polar surface area (TPSA) is 92.4 Å². The van der Waals surface area contributed by atoms with Crippen LogP contribution in [-0.2, 0) is 4.79 Å². The molecule has 9 heteroatoms. The number of ether oxygens (including phenoxy) is 3. The molecule has 3 rings (SSSR count). The summed E-state index contributed by atoms with van der Waals surface area (Å²) in [5.41, 5.74) is 0.574. The Bertz CT molecular complexity index is 816. The number of anilines is 1. The SMILES string of the molecule is COc1cc(NC(=O)N2CCC(CC(=O)NCCCN3CCC[C@H](C)C3)CC2)cc(OC)c1OC. The van der Waals surface area contributed by atoms with Crippen LogP contribution in [0.1, 0.15) is 45.4 Å². The van der Waals surface area contributed by atoms with E-state index in [-0.39, 0.29) is 11.9 Å². The number of amides is 3. The first kappa shape index (κ1) is 26.9. The van der Waals surface area contributed by atoms with Gasteiger partial charge in [0.05, 0.1) is 27.0 Å². The van der Waals surface area contributed by atoms with Crippen molar-refractivity contribution in [2.45, 2.75) is 45.4 Å². The third kappa shape index (κ3) is 7.92. The number of nitrogens with one attached hydrogen (secondary N) is 2. The molecular formula is C26H42N4O5. The molecule has 2 heterocycles. The zero-order valence-electron chi connectivity index (χ0n) is 21.7. The maximum absolute atomic E-state index is 12.8. The standard InChI is InChI=1S/C26H42N4O5/c1-19-7-5-11-29(18-19)12-6-10-27-24(31)15-20-8-13-30(14-9-20)26(32)28-21-16-22(33-2)25(35-4)23(17-21)34-3/h16-17,19-20H,5-15,18H2,1-4H3,(H,27,31)(H,28,32)/t19-/m0/s1. The van der Waals surface area contributed by atoms with Crippen LogP contribution in [0.15, 0.2) is 12.1 Å². The van der Waals surface area contributed by atoms with Gasteiger partial charge in [-0.2, -0.15) is 0 Å². The molecule has 0 aliphatic carbocycles. The van der Waals surface area contributed by atoms with Crippen LogP contribution in [0.25, 0.3) is 0 Å². The number of methoxy groups -OCH3 is 3. The van der Waals surface area contributed by atoms with Gasteiger partial charge in [-0.1, -0.05) is 6.92 Å². The third-order valence-electron chi connectivity index (χ3n) is 7.01. The lowest BCUT2D eigenvalue weighted by molar-refractivity contribution is -0.122. The van der Waals surface area contributed by atoms with Crippen LogP contribution in [0.3, 0.4) is 0 Å². The molecule has 2 fully saturated rings. The van der Waals surface area contributed by atoms with Crippen molar-refractivity contribution in [1.82, 2.24) is 15.1 Å². The molecule has 0 aromatic heterocycles. The Morgan fingerprint density at radius 2 is 1.69 bits per heavy atom. The van der Waals surface area contributed by atoms with Gasteiger partial charge in [0.2, 0.25) is 11.7 Å². The normalized spacial score (nSPS) is 19.2. The molecule has 0 spiro atoms. The van der Waals surface area contributed by atoms with E-state index in [0.717, 1.165) is 38.3 Å². The van der Waals surface area contributed by atoms with Crippen molar-refractivity contribution < 1.29 is 23.8 Å². The molecule has 35 heavy (non-hydrogen) atoms. The van der Waals surface area contributed by atoms with Crippen LogP contribution in [0.2, 0.25) is 0 Å². The highest BCUT2D eigenvalue weighted by atomic mass is 16.5. The summed E-state index contributed by atoms with van der Waals surface area (Å²) in [6, 6.07) is 3.25. The fraction of sp³-hybridized carbons (Fsp3) is 0.692. The van der Waals surface area contributed by atoms with Crippen molar-refractivity contribution >= 4 is 17.6 Å². The Labute approximate surface area is 209 Å². The van der Waals surface area contributed by atoms with E-state index in [0.29, 0.717) is 48.4 Å². The molecule has 2 aliphatic heterocycles. The third-order valence-corrected chi connectivity index (χ3v) is 7.01. The van der Waals surface area contributed by atoms with Crippen LogP contribution >= 0.6 is 0 Å². The van der Waals surface area contributed by atoms with E-state index in [9.17, 15) is 9.59 Å². The number of likely N-dealkylation sites (tertiary alicyclic amines) is 2. The summed E-state index contributed by atoms with van der Waals surface area (Å²) in [7, 11) is 4.62. The lowest BCUT2D eigenvalue weighted by atomic mass is 9.93. The molecule has 1 aromatic rings. The second-order valence-corrected chi connectivity index (χ2v) is 9.73. The largest absolute Gasteiger partial charge is 0.493 e. The molecule has 196 valence electrons. The highest BCUT2D eigenvalue weighted by Crippen LogP contribution is 2.40. The van der Waals surface area contributed by atoms with E-state index in [1.807, 2.05) is 0 Å². The summed E-state index contributed by atoms with van der Waals surface area (Å²) in [4.78, 5) is 29.5. The Hall–Kier alpha value is -2.68. The second-order valence-electron chi connectivity index (χ2n) is 9.73. The molecule has 0 unspecified atom stereocenters. The van der Waals surface area contributed by atoms with Crippen LogP contribution in [0.5, 0.6) is 17.2 Å². The van der Waals surface area contributed by atoms with Crippen molar-refractivity contribution in [1.29, 1.82) is 0 Å². The Kier molecular flexibility index (Phi) is 10.3. The molecule has 0 saturated carbocycles. The molecule has 2 N–H and O–H groups in total. The minimum atomic E-state index is -0.172. The van der Waals surface area contributed by atoms with Crippen LogP contribution in [0.4, 0.5) is 10.5 Å². The lowest BCUT2D eigenvalue weighted by Crippen LogP contribution is -2.42. The molecule has 1 aromatic carbocycles. The quantitative estimate of drug-likeness (QED) is 0.487. The minimum absolute atomic E-state index is 0.123. The van der Waals surface area contributed by atoms with E-state index in [2.05, 4.69) is 22.5 Å². The van der Waals surface area contributed by atoms with Crippen LogP contribution < -0.4 is 24.8 Å². The molecule has 9 nitrogen and oxygen atoms in total. The average Bonchev–Trinajstić information content (AvgIpc) is 2.86. The van der Waals surface area contributed by atoms with E-state index < -0.39 is 0 Å². The zero-order chi connectivity index (χ0) is 25.2. The van der Waals surface area contributed by atoms with Gasteiger partial charge in [0.15, 0.2) is 11.5 Å². The number of carbonyl (C=O) groups excluding carboxylic acids is 2. The maximum Gasteiger partial charge on any atom is 0.321 e. The molecule has 2 aliphatic rings. The molecular weight excluding hydrogens is 448 g/mol. The van der Waals surface area contributed by atoms with Gasteiger partial charge >= 0.3 is 6.03 Å². The molecule has 3 amide bonds. The minimum Gasteiger partial charge on any atom is -0.493 e. The summed E-state index contributed by atoms with van der Waals surface area (Å²) >= 11 is 0. The number of rotatable bonds is 10. The van der Waals surface area contributed by atoms with Crippen LogP contribution in [0, 0.1) is 11.8 Å². The predicted octanol–water partition coefficient (Wildman–Crippen LogP) is 3.58. The number of nitrogens with zero attached hydrogens (tertiary/aromatic N) is 2. The van der Waals surface area contributed by atoms with Gasteiger partial charge in [0.25, 0.3) is 0 Å². The summed E-state index contributed by atoms with van der Waals surface area (Å²) in [5.74, 6) is 2.66. The highest BCUT2D eigenvalue weighted by Gasteiger charge is 2.25. The van der Waals surface area contributed by atoms with Gasteiger partial charge < -0.3 is 34.6 Å². The first-order valence-corrected chi connectivity index (χ1v) is 12.8. The van der Waals surface area contributed by atoms with E-state index in [4.69, 9.17) is 14.2 Å². The number of urea groups is 1. The number of benzene rings is 1. The van der Waals surface area contributed by atoms with Gasteiger partial charge in [-0.15, -0.1) is 0 Å². The fourth-order valence-corrected chi connectivity index (χ4v) is 5.05. The first-order chi connectivity index (χ1) is 16.9. The summed E-state index contributed by atoms with van der Waals surface area (Å²) in [6.45, 7) is 7.73. The summed E-state index contributed by atoms with van der Waals surface area (Å²) in [5, 5.41) is 6.01. The fourth-order valence-electron chi connectivity index (χ4n) is 5.05. The van der Waals surface area contributed by atoms with Gasteiger partial charge in [0, 0.05) is 44.7 Å². The van der Waals surface area contributed by atoms with Gasteiger partial charge in [-0.05, 0) is 57.0 Å². The lowest BCUT2D eigenvalue weighted by Gasteiger charge is -2.32. The smallest absolute Gasteiger partial charge is 0.321 e. The van der Waals surface area contributed by atoms with Crippen molar-refractivity contribution in [2.75, 3.05) is 65.9 Å². The zero-order valence-corrected chi connectivity index (χ0v) is 21.7. The first-order valence-electron chi connectivity index (χ1n) is 12.8. The van der Waals surface area contributed by atoms with Crippen molar-refractivity contribution in [3.63, 3.8) is 0 Å². The highest BCUT2D eigenvalue weighted by molar-refractivity contribution is 5.90. The molecule has 0 radical (unpaired) electrons. The van der Waals surface area contributed by atoms with E-state index in [1.54, 1.807) is 38.4 Å². The predicted molar refractivity (Wildman–Crippen MR) is 136 cm³/mol. The Balaban J connectivity index is 1.37. The molecule has 0 bridgehead atoms. The van der Waals surface area contributed by atoms with E-state index in [1.165, 1.54) is 25.9 Å². The van der Waals surface area contributed by atoms with Gasteiger partial charge in [-0.3, -0.25) is 4.79 Å². The average molecular weight is 491 g/mol. The van der Waals surface area contributed by atoms with Crippen molar-refractivity contribution in [3.05, 3.63) is 12.1 Å². The van der Waals surface area contributed by atoms with Crippen molar-refractivity contribution in [3.8, 4) is 17.2 Å². The summed E-state index contributed by atoms with van der Waals surface area (Å²) in [6.07, 6.45) is 5.79. The monoisotopic (exact) mass is 490 g/mol.